The SMILES string of the molecule is C=CCC(CCCC)S(=O)(=O)[O-].C[O+](C)C. The molecule has 16 heavy (non-hydrogen) atoms. The molecule has 0 saturated heterocycles. The van der Waals surface area contributed by atoms with Gasteiger partial charge in [0.25, 0.3) is 0 Å². The highest BCUT2D eigenvalue weighted by Gasteiger charge is 2.12. The molecule has 0 spiro atoms. The zero-order chi connectivity index (χ0) is 13.2. The molecule has 0 N–H and O–H groups in total. The van der Waals surface area contributed by atoms with Gasteiger partial charge in [-0.15, -0.1) is 6.58 Å². The lowest BCUT2D eigenvalue weighted by Gasteiger charge is -2.18. The Morgan fingerprint density at radius 3 is 2.06 bits per heavy atom. The van der Waals surface area contributed by atoms with Crippen LogP contribution in [-0.2, 0) is 14.5 Å². The second kappa shape index (κ2) is 9.81. The van der Waals surface area contributed by atoms with E-state index in [4.69, 9.17) is 0 Å². The molecule has 0 aliphatic heterocycles. The van der Waals surface area contributed by atoms with Crippen molar-refractivity contribution in [1.82, 2.24) is 0 Å². The van der Waals surface area contributed by atoms with Crippen LogP contribution in [0.4, 0.5) is 0 Å². The maximum atomic E-state index is 10.6. The van der Waals surface area contributed by atoms with Gasteiger partial charge < -0.3 is 8.92 Å². The number of hydrogen-bond donors (Lipinski definition) is 0. The summed E-state index contributed by atoms with van der Waals surface area (Å²) in [6, 6.07) is 0. The molecule has 0 saturated carbocycles. The van der Waals surface area contributed by atoms with Crippen LogP contribution in [0.5, 0.6) is 0 Å². The molecule has 0 amide bonds. The van der Waals surface area contributed by atoms with Crippen LogP contribution >= 0.6 is 0 Å². The van der Waals surface area contributed by atoms with Crippen LogP contribution in [-0.4, -0.2) is 39.5 Å². The van der Waals surface area contributed by atoms with Crippen LogP contribution in [0.1, 0.15) is 32.6 Å². The van der Waals surface area contributed by atoms with Gasteiger partial charge in [-0.2, -0.15) is 0 Å². The molecule has 4 nitrogen and oxygen atoms in total. The largest absolute Gasteiger partial charge is 0.748 e. The van der Waals surface area contributed by atoms with Gasteiger partial charge in [-0.05, 0) is 12.8 Å². The number of hydrogen-bond acceptors (Lipinski definition) is 3. The maximum absolute atomic E-state index is 10.6. The molecule has 0 aromatic carbocycles. The molecule has 0 rings (SSSR count). The zero-order valence-corrected chi connectivity index (χ0v) is 11.5. The second-order valence-electron chi connectivity index (χ2n) is 4.01. The number of unbranched alkanes of at least 4 members (excludes halogenated alkanes) is 1. The summed E-state index contributed by atoms with van der Waals surface area (Å²) in [6.07, 6.45) is 3.89. The molecule has 0 aliphatic rings. The summed E-state index contributed by atoms with van der Waals surface area (Å²) in [5.41, 5.74) is 0. The van der Waals surface area contributed by atoms with Gasteiger partial charge in [0.1, 0.15) is 21.3 Å². The molecule has 0 fully saturated rings. The van der Waals surface area contributed by atoms with Crippen molar-refractivity contribution in [2.24, 2.45) is 0 Å². The van der Waals surface area contributed by atoms with Crippen molar-refractivity contribution >= 4 is 10.1 Å². The molecule has 0 radical (unpaired) electrons. The molecule has 0 bridgehead atoms. The van der Waals surface area contributed by atoms with Crippen LogP contribution in [0.3, 0.4) is 0 Å². The van der Waals surface area contributed by atoms with Gasteiger partial charge in [-0.3, -0.25) is 0 Å². The van der Waals surface area contributed by atoms with E-state index in [1.54, 1.807) is 0 Å². The Balaban J connectivity index is 0. The van der Waals surface area contributed by atoms with E-state index < -0.39 is 15.4 Å². The Bertz CT molecular complexity index is 254. The van der Waals surface area contributed by atoms with E-state index in [0.29, 0.717) is 6.42 Å². The highest BCUT2D eigenvalue weighted by Crippen LogP contribution is 2.12. The fraction of sp³-hybridized carbons (Fsp3) is 0.818. The van der Waals surface area contributed by atoms with E-state index in [1.807, 2.05) is 28.3 Å². The van der Waals surface area contributed by atoms with Gasteiger partial charge in [-0.1, -0.05) is 25.8 Å². The standard InChI is InChI=1S/C8H16O3S.C3H9O/c1-3-5-7-8(6-4-2)12(9,10)11;1-4(2)3/h4,8H,2-3,5-7H2,1H3,(H,9,10,11);1-3H3/q;+1/p-1. The number of allylic oxidation sites excluding steroid dienone is 1. The maximum Gasteiger partial charge on any atom is 0.135 e. The van der Waals surface area contributed by atoms with Crippen LogP contribution in [0, 0.1) is 0 Å². The molecule has 0 aromatic heterocycles. The van der Waals surface area contributed by atoms with E-state index in [-0.39, 0.29) is 6.42 Å². The summed E-state index contributed by atoms with van der Waals surface area (Å²) in [4.78, 5) is 0. The predicted molar refractivity (Wildman–Crippen MR) is 66.7 cm³/mol. The van der Waals surface area contributed by atoms with Crippen molar-refractivity contribution in [2.75, 3.05) is 21.3 Å². The fourth-order valence-corrected chi connectivity index (χ4v) is 1.82. The Morgan fingerprint density at radius 1 is 1.38 bits per heavy atom. The molecule has 5 heteroatoms. The lowest BCUT2D eigenvalue weighted by molar-refractivity contribution is -0.00282. The molecule has 1 unspecified atom stereocenters. The van der Waals surface area contributed by atoms with Crippen LogP contribution in [0.2, 0.25) is 0 Å². The van der Waals surface area contributed by atoms with E-state index in [2.05, 4.69) is 10.9 Å². The van der Waals surface area contributed by atoms with Crippen molar-refractivity contribution in [2.45, 2.75) is 37.9 Å². The molecular formula is C11H24O4S. The summed E-state index contributed by atoms with van der Waals surface area (Å²) >= 11 is 0. The van der Waals surface area contributed by atoms with Gasteiger partial charge in [-0.25, -0.2) is 8.42 Å². The van der Waals surface area contributed by atoms with Gasteiger partial charge in [0.05, 0.1) is 15.4 Å². The monoisotopic (exact) mass is 252 g/mol. The van der Waals surface area contributed by atoms with Crippen molar-refractivity contribution in [3.63, 3.8) is 0 Å². The third-order valence-electron chi connectivity index (χ3n) is 1.72. The first-order valence-electron chi connectivity index (χ1n) is 5.30. The number of rotatable bonds is 6. The first kappa shape index (κ1) is 18.0. The average molecular weight is 252 g/mol. The molecule has 1 atom stereocenters. The Kier molecular flexibility index (Phi) is 11.0. The topological polar surface area (TPSA) is 59.9 Å². The van der Waals surface area contributed by atoms with E-state index in [1.165, 1.54) is 6.08 Å². The van der Waals surface area contributed by atoms with Crippen molar-refractivity contribution in [1.29, 1.82) is 0 Å². The minimum Gasteiger partial charge on any atom is -0.748 e. The van der Waals surface area contributed by atoms with Gasteiger partial charge >= 0.3 is 0 Å². The molecular weight excluding hydrogens is 228 g/mol. The molecule has 98 valence electrons. The lowest BCUT2D eigenvalue weighted by Crippen LogP contribution is -2.19. The summed E-state index contributed by atoms with van der Waals surface area (Å²) in [5.74, 6) is 0. The fourth-order valence-electron chi connectivity index (χ4n) is 0.998. The Morgan fingerprint density at radius 2 is 1.81 bits per heavy atom. The molecule has 0 aromatic rings. The van der Waals surface area contributed by atoms with Crippen molar-refractivity contribution in [3.05, 3.63) is 12.7 Å². The molecule has 0 heterocycles. The van der Waals surface area contributed by atoms with Crippen LogP contribution in [0.25, 0.3) is 0 Å². The van der Waals surface area contributed by atoms with E-state index >= 15 is 0 Å². The van der Waals surface area contributed by atoms with Crippen LogP contribution < -0.4 is 0 Å². The first-order chi connectivity index (χ1) is 7.25. The Labute approximate surface area is 99.8 Å². The van der Waals surface area contributed by atoms with Crippen molar-refractivity contribution in [3.8, 4) is 0 Å². The normalized spacial score (nSPS) is 12.9. The van der Waals surface area contributed by atoms with E-state index in [9.17, 15) is 13.0 Å². The highest BCUT2D eigenvalue weighted by molar-refractivity contribution is 7.86. The smallest absolute Gasteiger partial charge is 0.135 e. The highest BCUT2D eigenvalue weighted by atomic mass is 32.2. The van der Waals surface area contributed by atoms with Gasteiger partial charge in [0, 0.05) is 0 Å². The average Bonchev–Trinajstić information content (AvgIpc) is 2.09. The summed E-state index contributed by atoms with van der Waals surface area (Å²) in [7, 11) is 1.63. The van der Waals surface area contributed by atoms with Gasteiger partial charge in [0.15, 0.2) is 0 Å². The second-order valence-corrected chi connectivity index (χ2v) is 5.66. The van der Waals surface area contributed by atoms with Gasteiger partial charge in [0.2, 0.25) is 0 Å². The lowest BCUT2D eigenvalue weighted by atomic mass is 10.1. The predicted octanol–water partition coefficient (Wildman–Crippen LogP) is 2.09. The minimum absolute atomic E-state index is 0.270. The van der Waals surface area contributed by atoms with E-state index in [0.717, 1.165) is 12.8 Å². The third kappa shape index (κ3) is 13.6. The summed E-state index contributed by atoms with van der Waals surface area (Å²) < 4.78 is 34.5. The van der Waals surface area contributed by atoms with Crippen LogP contribution in [0.15, 0.2) is 12.7 Å². The minimum atomic E-state index is -4.12. The first-order valence-corrected chi connectivity index (χ1v) is 6.77. The Hall–Kier alpha value is -0.390. The third-order valence-corrected chi connectivity index (χ3v) is 2.96. The molecule has 0 aliphatic carbocycles. The quantitative estimate of drug-likeness (QED) is 0.413. The summed E-state index contributed by atoms with van der Waals surface area (Å²) in [6.45, 7) is 5.38. The van der Waals surface area contributed by atoms with Crippen molar-refractivity contribution < 1.29 is 17.3 Å². The zero-order valence-electron chi connectivity index (χ0n) is 10.7. The summed E-state index contributed by atoms with van der Waals surface area (Å²) in [5, 5.41) is -0.769.